The molecular formula is C14H17N. The van der Waals surface area contributed by atoms with E-state index in [0.717, 1.165) is 6.42 Å². The van der Waals surface area contributed by atoms with Crippen molar-refractivity contribution in [3.05, 3.63) is 34.9 Å². The number of benzene rings is 1. The Balaban J connectivity index is 2.32. The molecule has 0 aliphatic heterocycles. The van der Waals surface area contributed by atoms with Gasteiger partial charge in [-0.05, 0) is 48.8 Å². The normalized spacial score (nSPS) is 16.5. The molecule has 1 atom stereocenters. The average molecular weight is 199 g/mol. The van der Waals surface area contributed by atoms with E-state index in [9.17, 15) is 0 Å². The highest BCUT2D eigenvalue weighted by Crippen LogP contribution is 2.26. The van der Waals surface area contributed by atoms with Crippen LogP contribution in [0.4, 0.5) is 0 Å². The zero-order valence-electron chi connectivity index (χ0n) is 9.29. The smallest absolute Gasteiger partial charge is 0.0710 e. The molecule has 1 aromatic rings. The van der Waals surface area contributed by atoms with Gasteiger partial charge in [0.2, 0.25) is 0 Å². The van der Waals surface area contributed by atoms with Gasteiger partial charge < -0.3 is 0 Å². The summed E-state index contributed by atoms with van der Waals surface area (Å²) in [5.74, 6) is 0.0808. The van der Waals surface area contributed by atoms with E-state index in [0.29, 0.717) is 0 Å². The highest BCUT2D eigenvalue weighted by atomic mass is 14.3. The average Bonchev–Trinajstić information content (AvgIpc) is 2.30. The molecule has 0 bridgehead atoms. The van der Waals surface area contributed by atoms with Gasteiger partial charge in [-0.3, -0.25) is 0 Å². The van der Waals surface area contributed by atoms with E-state index in [1.165, 1.54) is 42.4 Å². The van der Waals surface area contributed by atoms with E-state index in [1.54, 1.807) is 0 Å². The van der Waals surface area contributed by atoms with E-state index in [4.69, 9.17) is 5.26 Å². The van der Waals surface area contributed by atoms with Gasteiger partial charge in [-0.25, -0.2) is 0 Å². The van der Waals surface area contributed by atoms with Gasteiger partial charge in [0.25, 0.3) is 0 Å². The Bertz CT molecular complexity index is 387. The number of hydrogen-bond donors (Lipinski definition) is 0. The van der Waals surface area contributed by atoms with Gasteiger partial charge in [0.05, 0.1) is 12.0 Å². The van der Waals surface area contributed by atoms with Crippen LogP contribution in [0.5, 0.6) is 0 Å². The van der Waals surface area contributed by atoms with Crippen molar-refractivity contribution in [1.29, 1.82) is 5.26 Å². The number of fused-ring (bicyclic) bond motifs is 1. The Kier molecular flexibility index (Phi) is 3.06. The van der Waals surface area contributed by atoms with Gasteiger partial charge in [0.15, 0.2) is 0 Å². The molecule has 0 N–H and O–H groups in total. The zero-order chi connectivity index (χ0) is 10.7. The third kappa shape index (κ3) is 2.04. The first-order valence-electron chi connectivity index (χ1n) is 5.86. The second kappa shape index (κ2) is 4.49. The first kappa shape index (κ1) is 10.2. The third-order valence-electron chi connectivity index (χ3n) is 3.34. The Labute approximate surface area is 91.7 Å². The quantitative estimate of drug-likeness (QED) is 0.714. The number of nitriles is 1. The van der Waals surface area contributed by atoms with E-state index in [-0.39, 0.29) is 5.92 Å². The fraction of sp³-hybridized carbons (Fsp3) is 0.500. The second-order valence-electron chi connectivity index (χ2n) is 4.33. The zero-order valence-corrected chi connectivity index (χ0v) is 9.29. The molecule has 0 saturated carbocycles. The topological polar surface area (TPSA) is 23.8 Å². The summed E-state index contributed by atoms with van der Waals surface area (Å²) >= 11 is 0. The van der Waals surface area contributed by atoms with Crippen LogP contribution in [0.3, 0.4) is 0 Å². The van der Waals surface area contributed by atoms with E-state index in [2.05, 4.69) is 31.2 Å². The van der Waals surface area contributed by atoms with Gasteiger partial charge in [-0.1, -0.05) is 25.1 Å². The van der Waals surface area contributed by atoms with Crippen LogP contribution < -0.4 is 0 Å². The molecule has 0 fully saturated rings. The Morgan fingerprint density at radius 1 is 1.27 bits per heavy atom. The van der Waals surface area contributed by atoms with Gasteiger partial charge in [0, 0.05) is 0 Å². The fourth-order valence-electron chi connectivity index (χ4n) is 2.37. The van der Waals surface area contributed by atoms with Crippen LogP contribution >= 0.6 is 0 Å². The summed E-state index contributed by atoms with van der Waals surface area (Å²) in [6, 6.07) is 9.00. The predicted molar refractivity (Wildman–Crippen MR) is 61.7 cm³/mol. The molecule has 1 heteroatoms. The van der Waals surface area contributed by atoms with Crippen molar-refractivity contribution >= 4 is 0 Å². The summed E-state index contributed by atoms with van der Waals surface area (Å²) in [6.07, 6.45) is 5.96. The molecular weight excluding hydrogens is 182 g/mol. The van der Waals surface area contributed by atoms with Crippen LogP contribution in [0.2, 0.25) is 0 Å². The summed E-state index contributed by atoms with van der Waals surface area (Å²) in [5.41, 5.74) is 4.19. The first-order valence-corrected chi connectivity index (χ1v) is 5.86. The fourth-order valence-corrected chi connectivity index (χ4v) is 2.37. The molecule has 1 unspecified atom stereocenters. The summed E-state index contributed by atoms with van der Waals surface area (Å²) in [7, 11) is 0. The van der Waals surface area contributed by atoms with Crippen LogP contribution in [0.25, 0.3) is 0 Å². The lowest BCUT2D eigenvalue weighted by Gasteiger charge is -2.17. The Hall–Kier alpha value is -1.29. The lowest BCUT2D eigenvalue weighted by Crippen LogP contribution is -2.04. The molecule has 1 aliphatic rings. The van der Waals surface area contributed by atoms with Crippen molar-refractivity contribution in [2.45, 2.75) is 44.9 Å². The van der Waals surface area contributed by atoms with Crippen molar-refractivity contribution in [2.75, 3.05) is 0 Å². The van der Waals surface area contributed by atoms with E-state index < -0.39 is 0 Å². The first-order chi connectivity index (χ1) is 7.35. The maximum atomic E-state index is 9.03. The highest BCUT2D eigenvalue weighted by molar-refractivity contribution is 5.37. The van der Waals surface area contributed by atoms with Gasteiger partial charge in [-0.15, -0.1) is 0 Å². The monoisotopic (exact) mass is 199 g/mol. The number of aryl methyl sites for hydroxylation is 2. The molecule has 0 spiro atoms. The van der Waals surface area contributed by atoms with Crippen LogP contribution in [-0.4, -0.2) is 0 Å². The van der Waals surface area contributed by atoms with E-state index in [1.807, 2.05) is 0 Å². The SMILES string of the molecule is CCC(C#N)c1ccc2c(c1)CCCC2. The van der Waals surface area contributed by atoms with Crippen molar-refractivity contribution in [1.82, 2.24) is 0 Å². The largest absolute Gasteiger partial charge is 0.198 e. The van der Waals surface area contributed by atoms with Crippen molar-refractivity contribution in [3.8, 4) is 6.07 Å². The van der Waals surface area contributed by atoms with Crippen LogP contribution in [0, 0.1) is 11.3 Å². The minimum Gasteiger partial charge on any atom is -0.198 e. The minimum absolute atomic E-state index is 0.0808. The van der Waals surface area contributed by atoms with Gasteiger partial charge >= 0.3 is 0 Å². The Morgan fingerprint density at radius 3 is 2.67 bits per heavy atom. The standard InChI is InChI=1S/C14H17N/c1-2-11(10-15)14-8-7-12-5-3-4-6-13(12)9-14/h7-9,11H,2-6H2,1H3. The molecule has 78 valence electrons. The molecule has 0 saturated heterocycles. The summed E-state index contributed by atoms with van der Waals surface area (Å²) in [4.78, 5) is 0. The van der Waals surface area contributed by atoms with Gasteiger partial charge in [0.1, 0.15) is 0 Å². The molecule has 15 heavy (non-hydrogen) atoms. The second-order valence-corrected chi connectivity index (χ2v) is 4.33. The van der Waals surface area contributed by atoms with Gasteiger partial charge in [-0.2, -0.15) is 5.26 Å². The lowest BCUT2D eigenvalue weighted by molar-refractivity contribution is 0.682. The number of rotatable bonds is 2. The summed E-state index contributed by atoms with van der Waals surface area (Å²) < 4.78 is 0. The van der Waals surface area contributed by atoms with Crippen LogP contribution in [-0.2, 0) is 12.8 Å². The molecule has 1 aromatic carbocycles. The van der Waals surface area contributed by atoms with Crippen molar-refractivity contribution in [3.63, 3.8) is 0 Å². The molecule has 2 rings (SSSR count). The highest BCUT2D eigenvalue weighted by Gasteiger charge is 2.13. The van der Waals surface area contributed by atoms with Crippen LogP contribution in [0.1, 0.15) is 48.8 Å². The minimum atomic E-state index is 0.0808. The van der Waals surface area contributed by atoms with Crippen LogP contribution in [0.15, 0.2) is 18.2 Å². The Morgan fingerprint density at radius 2 is 2.00 bits per heavy atom. The molecule has 0 heterocycles. The lowest BCUT2D eigenvalue weighted by atomic mass is 9.87. The molecule has 0 amide bonds. The summed E-state index contributed by atoms with van der Waals surface area (Å²) in [6.45, 7) is 2.08. The number of hydrogen-bond acceptors (Lipinski definition) is 1. The third-order valence-corrected chi connectivity index (χ3v) is 3.34. The number of nitrogens with zero attached hydrogens (tertiary/aromatic N) is 1. The van der Waals surface area contributed by atoms with Crippen molar-refractivity contribution in [2.24, 2.45) is 0 Å². The maximum Gasteiger partial charge on any atom is 0.0710 e. The molecule has 0 radical (unpaired) electrons. The predicted octanol–water partition coefficient (Wildman–Crippen LogP) is 3.58. The van der Waals surface area contributed by atoms with E-state index >= 15 is 0 Å². The summed E-state index contributed by atoms with van der Waals surface area (Å²) in [5, 5.41) is 9.03. The van der Waals surface area contributed by atoms with Crippen molar-refractivity contribution < 1.29 is 0 Å². The molecule has 0 aromatic heterocycles. The maximum absolute atomic E-state index is 9.03. The molecule has 1 aliphatic carbocycles. The molecule has 1 nitrogen and oxygen atoms in total.